The number of carbonyl (C=O) groups excluding carboxylic acids is 2. The molecule has 1 aliphatic heterocycles. The van der Waals surface area contributed by atoms with Gasteiger partial charge in [-0.05, 0) is 30.4 Å². The van der Waals surface area contributed by atoms with Gasteiger partial charge in [-0.15, -0.1) is 0 Å². The fourth-order valence-corrected chi connectivity index (χ4v) is 2.48. The van der Waals surface area contributed by atoms with Gasteiger partial charge in [0, 0.05) is 17.4 Å². The molecule has 1 saturated heterocycles. The molecule has 2 amide bonds. The third-order valence-corrected chi connectivity index (χ3v) is 3.57. The maximum atomic E-state index is 12.5. The summed E-state index contributed by atoms with van der Waals surface area (Å²) in [6, 6.07) is 9.66. The molecular formula is C15H18N4O3. The maximum absolute atomic E-state index is 12.5. The molecule has 0 saturated carbocycles. The van der Waals surface area contributed by atoms with E-state index in [9.17, 15) is 9.59 Å². The average Bonchev–Trinajstić information content (AvgIpc) is 2.97. The number of hydrogen-bond acceptors (Lipinski definition) is 4. The second kappa shape index (κ2) is 8.05. The highest BCUT2D eigenvalue weighted by Gasteiger charge is 2.33. The molecule has 1 aromatic rings. The lowest BCUT2D eigenvalue weighted by Gasteiger charge is -2.20. The van der Waals surface area contributed by atoms with Crippen LogP contribution in [-0.2, 0) is 16.0 Å². The Kier molecular flexibility index (Phi) is 5.80. The van der Waals surface area contributed by atoms with Crippen molar-refractivity contribution in [2.75, 3.05) is 19.7 Å². The summed E-state index contributed by atoms with van der Waals surface area (Å²) in [6.07, 6.45) is 1.16. The number of ether oxygens (including phenoxy) is 1. The molecule has 0 spiro atoms. The number of hydrogen-bond donors (Lipinski definition) is 0. The topological polar surface area (TPSA) is 95.4 Å². The second-order valence-electron chi connectivity index (χ2n) is 5.09. The fraction of sp³-hybridized carbons (Fsp3) is 0.467. The van der Waals surface area contributed by atoms with E-state index in [0.29, 0.717) is 32.4 Å². The fourth-order valence-electron chi connectivity index (χ4n) is 2.48. The van der Waals surface area contributed by atoms with Gasteiger partial charge in [-0.2, -0.15) is 0 Å². The molecule has 1 atom stereocenters. The molecule has 1 aromatic carbocycles. The van der Waals surface area contributed by atoms with Gasteiger partial charge in [0.25, 0.3) is 0 Å². The number of rotatable bonds is 7. The molecule has 1 aliphatic rings. The second-order valence-corrected chi connectivity index (χ2v) is 5.09. The Balaban J connectivity index is 2.04. The van der Waals surface area contributed by atoms with E-state index in [1.54, 1.807) is 0 Å². The number of benzene rings is 1. The predicted octanol–water partition coefficient (Wildman–Crippen LogP) is 2.91. The van der Waals surface area contributed by atoms with Gasteiger partial charge in [0.05, 0.1) is 6.54 Å². The van der Waals surface area contributed by atoms with Crippen LogP contribution in [0, 0.1) is 5.92 Å². The minimum absolute atomic E-state index is 0.215. The molecule has 0 radical (unpaired) electrons. The van der Waals surface area contributed by atoms with Crippen LogP contribution in [0.3, 0.4) is 0 Å². The summed E-state index contributed by atoms with van der Waals surface area (Å²) in [6.45, 7) is 0.903. The van der Waals surface area contributed by atoms with Crippen LogP contribution in [0.2, 0.25) is 0 Å². The minimum atomic E-state index is -0.571. The Hall–Kier alpha value is -2.53. The molecule has 116 valence electrons. The molecule has 0 N–H and O–H groups in total. The van der Waals surface area contributed by atoms with Crippen molar-refractivity contribution in [3.05, 3.63) is 46.3 Å². The highest BCUT2D eigenvalue weighted by atomic mass is 16.6. The third kappa shape index (κ3) is 4.23. The first-order chi connectivity index (χ1) is 10.7. The summed E-state index contributed by atoms with van der Waals surface area (Å²) < 4.78 is 4.83. The van der Waals surface area contributed by atoms with Crippen LogP contribution in [0.15, 0.2) is 35.4 Å². The summed E-state index contributed by atoms with van der Waals surface area (Å²) >= 11 is 0. The third-order valence-electron chi connectivity index (χ3n) is 3.57. The number of imide groups is 1. The normalized spacial score (nSPS) is 15.1. The molecular weight excluding hydrogens is 284 g/mol. The van der Waals surface area contributed by atoms with Gasteiger partial charge in [0.15, 0.2) is 0 Å². The minimum Gasteiger partial charge on any atom is -0.447 e. The monoisotopic (exact) mass is 302 g/mol. The Morgan fingerprint density at radius 1 is 1.41 bits per heavy atom. The van der Waals surface area contributed by atoms with Gasteiger partial charge in [0.1, 0.15) is 6.61 Å². The van der Waals surface area contributed by atoms with Crippen LogP contribution in [0.1, 0.15) is 18.4 Å². The smallest absolute Gasteiger partial charge is 0.416 e. The summed E-state index contributed by atoms with van der Waals surface area (Å²) in [5, 5.41) is 3.49. The van der Waals surface area contributed by atoms with E-state index in [2.05, 4.69) is 10.0 Å². The SMILES string of the molecule is [N-]=[N+]=NCCC[C@@H](Cc1ccccc1)C(=O)N1CCOC1=O. The van der Waals surface area contributed by atoms with Gasteiger partial charge < -0.3 is 4.74 Å². The van der Waals surface area contributed by atoms with Crippen molar-refractivity contribution in [2.24, 2.45) is 11.0 Å². The van der Waals surface area contributed by atoms with E-state index in [1.807, 2.05) is 30.3 Å². The zero-order valence-electron chi connectivity index (χ0n) is 12.2. The van der Waals surface area contributed by atoms with E-state index in [-0.39, 0.29) is 18.4 Å². The number of carbonyl (C=O) groups is 2. The first-order valence-corrected chi connectivity index (χ1v) is 7.25. The largest absolute Gasteiger partial charge is 0.447 e. The molecule has 0 aliphatic carbocycles. The van der Waals surface area contributed by atoms with E-state index in [1.165, 1.54) is 4.90 Å². The van der Waals surface area contributed by atoms with Gasteiger partial charge in [0.2, 0.25) is 5.91 Å². The average molecular weight is 302 g/mol. The predicted molar refractivity (Wildman–Crippen MR) is 79.9 cm³/mol. The maximum Gasteiger partial charge on any atom is 0.416 e. The van der Waals surface area contributed by atoms with Crippen molar-refractivity contribution < 1.29 is 14.3 Å². The van der Waals surface area contributed by atoms with Gasteiger partial charge in [-0.1, -0.05) is 35.4 Å². The molecule has 7 heteroatoms. The number of azide groups is 1. The van der Waals surface area contributed by atoms with Crippen LogP contribution < -0.4 is 0 Å². The number of amides is 2. The van der Waals surface area contributed by atoms with Crippen molar-refractivity contribution >= 4 is 12.0 Å². The van der Waals surface area contributed by atoms with Crippen molar-refractivity contribution in [3.63, 3.8) is 0 Å². The zero-order valence-corrected chi connectivity index (χ0v) is 12.2. The first-order valence-electron chi connectivity index (χ1n) is 7.25. The van der Waals surface area contributed by atoms with Crippen LogP contribution in [0.25, 0.3) is 10.4 Å². The van der Waals surface area contributed by atoms with Crippen LogP contribution >= 0.6 is 0 Å². The van der Waals surface area contributed by atoms with Crippen molar-refractivity contribution in [1.82, 2.24) is 4.90 Å². The molecule has 1 fully saturated rings. The molecule has 7 nitrogen and oxygen atoms in total. The number of nitrogens with zero attached hydrogens (tertiary/aromatic N) is 4. The standard InChI is InChI=1S/C15H18N4O3/c16-18-17-8-4-7-13(11-12-5-2-1-3-6-12)14(20)19-9-10-22-15(19)21/h1-3,5-6,13H,4,7-11H2/t13-/m0/s1. The molecule has 22 heavy (non-hydrogen) atoms. The molecule has 0 bridgehead atoms. The van der Waals surface area contributed by atoms with E-state index < -0.39 is 6.09 Å². The summed E-state index contributed by atoms with van der Waals surface area (Å²) in [7, 11) is 0. The van der Waals surface area contributed by atoms with E-state index in [0.717, 1.165) is 5.56 Å². The van der Waals surface area contributed by atoms with Crippen molar-refractivity contribution in [2.45, 2.75) is 19.3 Å². The highest BCUT2D eigenvalue weighted by molar-refractivity contribution is 5.94. The Labute approximate surface area is 128 Å². The highest BCUT2D eigenvalue weighted by Crippen LogP contribution is 2.19. The summed E-state index contributed by atoms with van der Waals surface area (Å²) in [5.74, 6) is -0.533. The summed E-state index contributed by atoms with van der Waals surface area (Å²) in [5.41, 5.74) is 9.34. The molecule has 0 unspecified atom stereocenters. The molecule has 2 rings (SSSR count). The lowest BCUT2D eigenvalue weighted by atomic mass is 9.93. The van der Waals surface area contributed by atoms with Gasteiger partial charge in [-0.3, -0.25) is 4.79 Å². The molecule has 1 heterocycles. The quantitative estimate of drug-likeness (QED) is 0.335. The van der Waals surface area contributed by atoms with Crippen molar-refractivity contribution in [3.8, 4) is 0 Å². The summed E-state index contributed by atoms with van der Waals surface area (Å²) in [4.78, 5) is 28.0. The van der Waals surface area contributed by atoms with Crippen LogP contribution in [0.5, 0.6) is 0 Å². The lowest BCUT2D eigenvalue weighted by Crippen LogP contribution is -2.37. The van der Waals surface area contributed by atoms with E-state index in [4.69, 9.17) is 10.3 Å². The Bertz CT molecular complexity index is 569. The van der Waals surface area contributed by atoms with Crippen LogP contribution in [0.4, 0.5) is 4.79 Å². The Morgan fingerprint density at radius 2 is 2.18 bits per heavy atom. The van der Waals surface area contributed by atoms with Crippen LogP contribution in [-0.4, -0.2) is 36.6 Å². The Morgan fingerprint density at radius 3 is 2.82 bits per heavy atom. The van der Waals surface area contributed by atoms with Gasteiger partial charge in [-0.25, -0.2) is 9.69 Å². The van der Waals surface area contributed by atoms with Gasteiger partial charge >= 0.3 is 6.09 Å². The number of cyclic esters (lactones) is 1. The van der Waals surface area contributed by atoms with E-state index >= 15 is 0 Å². The van der Waals surface area contributed by atoms with Crippen molar-refractivity contribution in [1.29, 1.82) is 0 Å². The molecule has 0 aromatic heterocycles. The first kappa shape index (κ1) is 15.9. The lowest BCUT2D eigenvalue weighted by molar-refractivity contribution is -0.132. The zero-order chi connectivity index (χ0) is 15.8.